The summed E-state index contributed by atoms with van der Waals surface area (Å²) in [6, 6.07) is 4.96. The minimum Gasteiger partial charge on any atom is -0.380 e. The van der Waals surface area contributed by atoms with E-state index in [1.54, 1.807) is 0 Å². The van der Waals surface area contributed by atoms with Crippen LogP contribution in [0.5, 0.6) is 0 Å². The van der Waals surface area contributed by atoms with E-state index in [1.165, 1.54) is 37.1 Å². The number of pyridine rings is 1. The van der Waals surface area contributed by atoms with E-state index in [0.717, 1.165) is 24.2 Å². The fourth-order valence-electron chi connectivity index (χ4n) is 2.93. The number of aromatic nitrogens is 1. The topological polar surface area (TPSA) is 28.2 Å². The highest BCUT2D eigenvalue weighted by Crippen LogP contribution is 2.28. The Hall–Kier alpha value is -0.900. The standard InChI is InChI=1S/C15H23N3S/c1-12-9-14(11-19-12)17-13-5-6-15(16-10-13)18-7-3-2-4-8-18/h5-6,10,12,14,17H,2-4,7-9,11H2,1H3. The summed E-state index contributed by atoms with van der Waals surface area (Å²) < 4.78 is 0. The fourth-order valence-corrected chi connectivity index (χ4v) is 4.08. The van der Waals surface area contributed by atoms with Gasteiger partial charge in [-0.1, -0.05) is 6.92 Å². The van der Waals surface area contributed by atoms with Gasteiger partial charge < -0.3 is 10.2 Å². The first-order chi connectivity index (χ1) is 9.31. The number of nitrogens with zero attached hydrogens (tertiary/aromatic N) is 2. The second-order valence-electron chi connectivity index (χ2n) is 5.67. The quantitative estimate of drug-likeness (QED) is 0.917. The predicted molar refractivity (Wildman–Crippen MR) is 84.2 cm³/mol. The monoisotopic (exact) mass is 277 g/mol. The molecule has 3 nitrogen and oxygen atoms in total. The number of anilines is 2. The lowest BCUT2D eigenvalue weighted by Gasteiger charge is -2.27. The van der Waals surface area contributed by atoms with E-state index in [0.29, 0.717) is 6.04 Å². The predicted octanol–water partition coefficient (Wildman–Crippen LogP) is 3.38. The first kappa shape index (κ1) is 13.1. The van der Waals surface area contributed by atoms with E-state index in [4.69, 9.17) is 0 Å². The zero-order chi connectivity index (χ0) is 13.1. The molecule has 0 aliphatic carbocycles. The minimum absolute atomic E-state index is 0.614. The molecular formula is C15H23N3S. The molecule has 104 valence electrons. The molecule has 0 radical (unpaired) electrons. The van der Waals surface area contributed by atoms with Gasteiger partial charge in [-0.3, -0.25) is 0 Å². The van der Waals surface area contributed by atoms with Crippen molar-refractivity contribution in [2.75, 3.05) is 29.1 Å². The van der Waals surface area contributed by atoms with Crippen LogP contribution in [0.2, 0.25) is 0 Å². The summed E-state index contributed by atoms with van der Waals surface area (Å²) in [6.07, 6.45) is 7.24. The lowest BCUT2D eigenvalue weighted by molar-refractivity contribution is 0.573. The summed E-state index contributed by atoms with van der Waals surface area (Å²) in [7, 11) is 0. The van der Waals surface area contributed by atoms with Gasteiger partial charge in [0.15, 0.2) is 0 Å². The van der Waals surface area contributed by atoms with Crippen molar-refractivity contribution in [1.29, 1.82) is 0 Å². The number of piperidine rings is 1. The van der Waals surface area contributed by atoms with Gasteiger partial charge in [0.1, 0.15) is 5.82 Å². The molecule has 2 saturated heterocycles. The number of rotatable bonds is 3. The third-order valence-electron chi connectivity index (χ3n) is 4.00. The van der Waals surface area contributed by atoms with Crippen LogP contribution in [0, 0.1) is 0 Å². The molecule has 1 aromatic rings. The van der Waals surface area contributed by atoms with Crippen molar-refractivity contribution in [1.82, 2.24) is 4.98 Å². The molecule has 0 bridgehead atoms. The zero-order valence-corrected chi connectivity index (χ0v) is 12.5. The van der Waals surface area contributed by atoms with Crippen molar-refractivity contribution in [3.8, 4) is 0 Å². The highest BCUT2D eigenvalue weighted by Gasteiger charge is 2.21. The van der Waals surface area contributed by atoms with Crippen LogP contribution in [0.1, 0.15) is 32.6 Å². The van der Waals surface area contributed by atoms with Crippen LogP contribution in [0.3, 0.4) is 0 Å². The van der Waals surface area contributed by atoms with Gasteiger partial charge in [0.25, 0.3) is 0 Å². The molecule has 2 atom stereocenters. The normalized spacial score (nSPS) is 27.5. The molecule has 2 fully saturated rings. The van der Waals surface area contributed by atoms with Crippen molar-refractivity contribution in [3.05, 3.63) is 18.3 Å². The van der Waals surface area contributed by atoms with Crippen molar-refractivity contribution in [2.45, 2.75) is 43.9 Å². The Morgan fingerprint density at radius 2 is 2.11 bits per heavy atom. The van der Waals surface area contributed by atoms with Gasteiger partial charge in [-0.2, -0.15) is 11.8 Å². The van der Waals surface area contributed by atoms with Crippen molar-refractivity contribution >= 4 is 23.3 Å². The lowest BCUT2D eigenvalue weighted by Crippen LogP contribution is -2.30. The molecule has 2 aliphatic rings. The zero-order valence-electron chi connectivity index (χ0n) is 11.6. The van der Waals surface area contributed by atoms with E-state index in [9.17, 15) is 0 Å². The Morgan fingerprint density at radius 1 is 1.26 bits per heavy atom. The van der Waals surface area contributed by atoms with Crippen LogP contribution in [0.25, 0.3) is 0 Å². The third-order valence-corrected chi connectivity index (χ3v) is 5.35. The molecule has 1 N–H and O–H groups in total. The van der Waals surface area contributed by atoms with E-state index < -0.39 is 0 Å². The van der Waals surface area contributed by atoms with Crippen molar-refractivity contribution < 1.29 is 0 Å². The van der Waals surface area contributed by atoms with Gasteiger partial charge in [0, 0.05) is 30.1 Å². The van der Waals surface area contributed by atoms with Gasteiger partial charge >= 0.3 is 0 Å². The molecule has 19 heavy (non-hydrogen) atoms. The fraction of sp³-hybridized carbons (Fsp3) is 0.667. The smallest absolute Gasteiger partial charge is 0.128 e. The summed E-state index contributed by atoms with van der Waals surface area (Å²) in [5, 5.41) is 4.39. The summed E-state index contributed by atoms with van der Waals surface area (Å²) in [4.78, 5) is 7.02. The molecule has 3 rings (SSSR count). The lowest BCUT2D eigenvalue weighted by atomic mass is 10.1. The van der Waals surface area contributed by atoms with Crippen molar-refractivity contribution in [3.63, 3.8) is 0 Å². The Labute approximate surface area is 120 Å². The maximum absolute atomic E-state index is 4.62. The molecule has 1 aromatic heterocycles. The molecule has 2 unspecified atom stereocenters. The number of thioether (sulfide) groups is 1. The molecule has 0 aromatic carbocycles. The summed E-state index contributed by atoms with van der Waals surface area (Å²) in [5.41, 5.74) is 1.17. The van der Waals surface area contributed by atoms with Crippen LogP contribution in [-0.4, -0.2) is 35.1 Å². The van der Waals surface area contributed by atoms with Crippen LogP contribution >= 0.6 is 11.8 Å². The Balaban J connectivity index is 1.59. The summed E-state index contributed by atoms with van der Waals surface area (Å²) in [5.74, 6) is 2.36. The molecule has 3 heterocycles. The number of hydrogen-bond donors (Lipinski definition) is 1. The Bertz CT molecular complexity index is 400. The molecule has 2 aliphatic heterocycles. The van der Waals surface area contributed by atoms with Crippen LogP contribution in [0.15, 0.2) is 18.3 Å². The first-order valence-electron chi connectivity index (χ1n) is 7.40. The second kappa shape index (κ2) is 6.04. The van der Waals surface area contributed by atoms with Gasteiger partial charge in [-0.15, -0.1) is 0 Å². The number of hydrogen-bond acceptors (Lipinski definition) is 4. The second-order valence-corrected chi connectivity index (χ2v) is 7.15. The SMILES string of the molecule is CC1CC(Nc2ccc(N3CCCCC3)nc2)CS1. The highest BCUT2D eigenvalue weighted by molar-refractivity contribution is 8.00. The van der Waals surface area contributed by atoms with Crippen molar-refractivity contribution in [2.24, 2.45) is 0 Å². The van der Waals surface area contributed by atoms with E-state index in [2.05, 4.69) is 46.0 Å². The summed E-state index contributed by atoms with van der Waals surface area (Å²) >= 11 is 2.06. The third kappa shape index (κ3) is 3.35. The largest absolute Gasteiger partial charge is 0.380 e. The Kier molecular flexibility index (Phi) is 4.16. The van der Waals surface area contributed by atoms with E-state index >= 15 is 0 Å². The molecule has 4 heteroatoms. The van der Waals surface area contributed by atoms with Gasteiger partial charge in [-0.05, 0) is 37.8 Å². The highest BCUT2D eigenvalue weighted by atomic mass is 32.2. The van der Waals surface area contributed by atoms with Crippen LogP contribution in [-0.2, 0) is 0 Å². The van der Waals surface area contributed by atoms with Gasteiger partial charge in [0.05, 0.1) is 11.9 Å². The summed E-state index contributed by atoms with van der Waals surface area (Å²) in [6.45, 7) is 4.64. The average molecular weight is 277 g/mol. The van der Waals surface area contributed by atoms with Gasteiger partial charge in [0.2, 0.25) is 0 Å². The minimum atomic E-state index is 0.614. The number of nitrogens with one attached hydrogen (secondary N) is 1. The molecule has 0 amide bonds. The van der Waals surface area contributed by atoms with E-state index in [1.807, 2.05) is 6.20 Å². The molecule has 0 saturated carbocycles. The Morgan fingerprint density at radius 3 is 2.74 bits per heavy atom. The molecule has 0 spiro atoms. The van der Waals surface area contributed by atoms with Crippen LogP contribution < -0.4 is 10.2 Å². The first-order valence-corrected chi connectivity index (χ1v) is 8.45. The maximum atomic E-state index is 4.62. The maximum Gasteiger partial charge on any atom is 0.128 e. The molecular weight excluding hydrogens is 254 g/mol. The average Bonchev–Trinajstić information content (AvgIpc) is 2.86. The van der Waals surface area contributed by atoms with Gasteiger partial charge in [-0.25, -0.2) is 4.98 Å². The van der Waals surface area contributed by atoms with Crippen LogP contribution in [0.4, 0.5) is 11.5 Å². The van der Waals surface area contributed by atoms with E-state index in [-0.39, 0.29) is 0 Å².